The normalized spacial score (nSPS) is 19.1. The van der Waals surface area contributed by atoms with Crippen LogP contribution in [0.3, 0.4) is 0 Å². The van der Waals surface area contributed by atoms with Gasteiger partial charge >= 0.3 is 6.03 Å². The number of primary amides is 2. The highest BCUT2D eigenvalue weighted by Crippen LogP contribution is 2.45. The first-order valence-corrected chi connectivity index (χ1v) is 9.75. The number of nitrogens with two attached hydrogens (primary N) is 3. The van der Waals surface area contributed by atoms with Gasteiger partial charge in [-0.25, -0.2) is 10.2 Å². The van der Waals surface area contributed by atoms with E-state index in [1.807, 2.05) is 12.1 Å². The molecule has 4 rings (SSSR count). The molecule has 9 N–H and O–H groups in total. The number of hydrogen-bond donors (Lipinski definition) is 6. The van der Waals surface area contributed by atoms with Gasteiger partial charge in [-0.2, -0.15) is 0 Å². The molecule has 2 aromatic rings. The predicted molar refractivity (Wildman–Crippen MR) is 110 cm³/mol. The number of carbonyl (C=O) groups excluding carboxylic acids is 3. The van der Waals surface area contributed by atoms with Crippen LogP contribution >= 0.6 is 0 Å². The molecule has 30 heavy (non-hydrogen) atoms. The largest absolute Gasteiger partial charge is 0.366 e. The highest BCUT2D eigenvalue weighted by molar-refractivity contribution is 5.94. The van der Waals surface area contributed by atoms with Crippen LogP contribution in [-0.4, -0.2) is 30.6 Å². The van der Waals surface area contributed by atoms with Crippen molar-refractivity contribution in [3.8, 4) is 0 Å². The zero-order chi connectivity index (χ0) is 21.5. The molecule has 1 aliphatic heterocycles. The van der Waals surface area contributed by atoms with Crippen LogP contribution in [0.1, 0.15) is 49.4 Å². The van der Waals surface area contributed by atoms with Crippen molar-refractivity contribution in [2.24, 2.45) is 17.2 Å². The lowest BCUT2D eigenvalue weighted by Gasteiger charge is -2.40. The molecule has 1 heterocycles. The number of benzene rings is 2. The summed E-state index contributed by atoms with van der Waals surface area (Å²) in [4.78, 5) is 35.5. The van der Waals surface area contributed by atoms with Gasteiger partial charge < -0.3 is 22.5 Å². The van der Waals surface area contributed by atoms with Gasteiger partial charge in [0.15, 0.2) is 0 Å². The molecule has 0 aromatic heterocycles. The first-order valence-electron chi connectivity index (χ1n) is 9.75. The smallest absolute Gasteiger partial charge is 0.330 e. The fourth-order valence-corrected chi connectivity index (χ4v) is 4.73. The maximum Gasteiger partial charge on any atom is 0.330 e. The molecule has 0 bridgehead atoms. The van der Waals surface area contributed by atoms with Gasteiger partial charge in [-0.3, -0.25) is 15.0 Å². The van der Waals surface area contributed by atoms with Crippen molar-refractivity contribution in [2.75, 3.05) is 6.54 Å². The lowest BCUT2D eigenvalue weighted by atomic mass is 9.67. The number of carbonyl (C=O) groups is 3. The predicted octanol–water partition coefficient (Wildman–Crippen LogP) is -0.239. The third-order valence-corrected chi connectivity index (χ3v) is 6.04. The molecule has 1 unspecified atom stereocenters. The fourth-order valence-electron chi connectivity index (χ4n) is 4.73. The summed E-state index contributed by atoms with van der Waals surface area (Å²) in [5, 5.41) is 2.93. The fraction of sp³-hybridized carbons (Fsp3) is 0.286. The Kier molecular flexibility index (Phi) is 4.92. The Morgan fingerprint density at radius 2 is 1.50 bits per heavy atom. The van der Waals surface area contributed by atoms with Crippen LogP contribution in [0.15, 0.2) is 36.4 Å². The molecule has 4 amide bonds. The minimum absolute atomic E-state index is 0.341. The average molecular weight is 408 g/mol. The Balaban J connectivity index is 2.00. The van der Waals surface area contributed by atoms with Crippen molar-refractivity contribution in [1.82, 2.24) is 16.2 Å². The molecule has 0 spiro atoms. The van der Waals surface area contributed by atoms with E-state index in [-0.39, 0.29) is 6.03 Å². The number of amides is 4. The van der Waals surface area contributed by atoms with Crippen molar-refractivity contribution in [3.63, 3.8) is 0 Å². The molecule has 1 aliphatic carbocycles. The van der Waals surface area contributed by atoms with Gasteiger partial charge in [-0.1, -0.05) is 12.1 Å². The van der Waals surface area contributed by atoms with Crippen molar-refractivity contribution in [1.29, 1.82) is 0 Å². The van der Waals surface area contributed by atoms with E-state index >= 15 is 0 Å². The number of hydrogen-bond acceptors (Lipinski definition) is 5. The molecule has 0 saturated carbocycles. The van der Waals surface area contributed by atoms with E-state index in [4.69, 9.17) is 17.2 Å². The molecule has 2 aliphatic rings. The van der Waals surface area contributed by atoms with Crippen LogP contribution in [-0.2, 0) is 18.3 Å². The van der Waals surface area contributed by atoms with E-state index < -0.39 is 23.4 Å². The van der Waals surface area contributed by atoms with E-state index in [1.165, 1.54) is 0 Å². The van der Waals surface area contributed by atoms with E-state index in [2.05, 4.69) is 16.2 Å². The maximum atomic E-state index is 12.0. The van der Waals surface area contributed by atoms with Crippen LogP contribution in [0.25, 0.3) is 0 Å². The second kappa shape index (κ2) is 7.43. The zero-order valence-corrected chi connectivity index (χ0v) is 16.3. The third-order valence-electron chi connectivity index (χ3n) is 6.04. The number of rotatable bonds is 5. The van der Waals surface area contributed by atoms with Crippen molar-refractivity contribution in [2.45, 2.75) is 30.8 Å². The lowest BCUT2D eigenvalue weighted by molar-refractivity contribution is 0.0991. The summed E-state index contributed by atoms with van der Waals surface area (Å²) >= 11 is 0. The molecular formula is C21H24N6O3. The van der Waals surface area contributed by atoms with Crippen LogP contribution in [0.2, 0.25) is 0 Å². The van der Waals surface area contributed by atoms with E-state index in [1.54, 1.807) is 24.3 Å². The summed E-state index contributed by atoms with van der Waals surface area (Å²) in [6.07, 6.45) is 1.28. The van der Waals surface area contributed by atoms with Gasteiger partial charge in [0.05, 0.1) is 5.41 Å². The average Bonchev–Trinajstić information content (AvgIpc) is 3.11. The van der Waals surface area contributed by atoms with Gasteiger partial charge in [0, 0.05) is 11.1 Å². The second-order valence-corrected chi connectivity index (χ2v) is 7.66. The first kappa shape index (κ1) is 19.9. The second-order valence-electron chi connectivity index (χ2n) is 7.66. The van der Waals surface area contributed by atoms with E-state index in [9.17, 15) is 14.4 Å². The summed E-state index contributed by atoms with van der Waals surface area (Å²) in [5.41, 5.74) is 26.6. The van der Waals surface area contributed by atoms with Crippen LogP contribution in [0, 0.1) is 0 Å². The molecule has 1 atom stereocenters. The Labute approximate surface area is 173 Å². The number of nitrogens with one attached hydrogen (secondary N) is 3. The summed E-state index contributed by atoms with van der Waals surface area (Å²) in [6.45, 7) is 0.349. The Morgan fingerprint density at radius 3 is 1.90 bits per heavy atom. The standard InChI is InChI=1S/C21H24N6O3/c22-8-7-21(19-25-20(30)27-26-19)15-5-3-13(17(23)28)9-11(15)1-2-12-10-14(18(24)29)4-6-16(12)21/h3-6,9-10,19,26H,1-2,7-8,22H2,(H2,23,28)(H2,24,29)(H2,25,27,30). The SMILES string of the molecule is NCCC1(C2NNC(=O)N2)c2ccc(C(N)=O)cc2CCc2cc(C(N)=O)ccc21. The highest BCUT2D eigenvalue weighted by atomic mass is 16.2. The van der Waals surface area contributed by atoms with Crippen molar-refractivity contribution < 1.29 is 14.4 Å². The molecule has 9 heteroatoms. The van der Waals surface area contributed by atoms with Gasteiger partial charge in [0.25, 0.3) is 0 Å². The quantitative estimate of drug-likeness (QED) is 0.401. The minimum Gasteiger partial charge on any atom is -0.366 e. The molecule has 1 saturated heterocycles. The lowest BCUT2D eigenvalue weighted by Crippen LogP contribution is -2.54. The van der Waals surface area contributed by atoms with Crippen LogP contribution in [0.4, 0.5) is 4.79 Å². The first-order chi connectivity index (χ1) is 14.4. The molecular weight excluding hydrogens is 384 g/mol. The molecule has 156 valence electrons. The van der Waals surface area contributed by atoms with Gasteiger partial charge in [-0.05, 0) is 72.3 Å². The topological polar surface area (TPSA) is 165 Å². The minimum atomic E-state index is -0.735. The Hall–Kier alpha value is -3.43. The molecule has 9 nitrogen and oxygen atoms in total. The zero-order valence-electron chi connectivity index (χ0n) is 16.3. The van der Waals surface area contributed by atoms with Gasteiger partial charge in [-0.15, -0.1) is 0 Å². The summed E-state index contributed by atoms with van der Waals surface area (Å²) in [6, 6.07) is 10.4. The summed E-state index contributed by atoms with van der Waals surface area (Å²) < 4.78 is 0. The van der Waals surface area contributed by atoms with Crippen molar-refractivity contribution >= 4 is 17.8 Å². The van der Waals surface area contributed by atoms with Gasteiger partial charge in [0.1, 0.15) is 6.17 Å². The number of hydrazine groups is 1. The van der Waals surface area contributed by atoms with Gasteiger partial charge in [0.2, 0.25) is 11.8 Å². The van der Waals surface area contributed by atoms with Crippen LogP contribution < -0.4 is 33.4 Å². The maximum absolute atomic E-state index is 12.0. The monoisotopic (exact) mass is 408 g/mol. The Morgan fingerprint density at radius 1 is 0.967 bits per heavy atom. The Bertz CT molecular complexity index is 986. The molecule has 1 fully saturated rings. The summed E-state index contributed by atoms with van der Waals surface area (Å²) in [7, 11) is 0. The van der Waals surface area contributed by atoms with Crippen LogP contribution in [0.5, 0.6) is 0 Å². The van der Waals surface area contributed by atoms with E-state index in [0.717, 1.165) is 22.3 Å². The molecule has 0 radical (unpaired) electrons. The van der Waals surface area contributed by atoms with E-state index in [0.29, 0.717) is 36.9 Å². The number of urea groups is 1. The highest BCUT2D eigenvalue weighted by Gasteiger charge is 2.48. The van der Waals surface area contributed by atoms with Crippen molar-refractivity contribution in [3.05, 3.63) is 69.8 Å². The number of aryl methyl sites for hydroxylation is 2. The third kappa shape index (κ3) is 3.08. The number of fused-ring (bicyclic) bond motifs is 2. The summed E-state index contributed by atoms with van der Waals surface area (Å²) in [5.74, 6) is -1.01. The molecule has 2 aromatic carbocycles.